The van der Waals surface area contributed by atoms with Gasteiger partial charge in [-0.2, -0.15) is 0 Å². The summed E-state index contributed by atoms with van der Waals surface area (Å²) >= 11 is 0. The third-order valence-electron chi connectivity index (χ3n) is 13.0. The quantitative estimate of drug-likeness (QED) is 0.0348. The van der Waals surface area contributed by atoms with Crippen LogP contribution in [0.1, 0.15) is 271 Å². The molecule has 6 atom stereocenters. The number of ether oxygens (including phenoxy) is 4. The first-order valence-electron chi connectivity index (χ1n) is 27.1. The number of unbranched alkanes of at least 4 members (excludes halogenated alkanes) is 37. The molecule has 1 rings (SSSR count). The molecule has 0 saturated carbocycles. The normalized spacial score (nSPS) is 19.6. The standard InChI is InChI=1S/C53H104O9/c1-3-5-7-9-11-13-15-17-19-21-22-23-24-25-27-29-31-33-35-37-39-41-43-59-45-47(46-60-53-52(58)51(57)50(56)48(44-54)62-53)61-49(55)42-40-38-36-34-32-30-28-26-20-18-16-14-12-10-8-6-4-2/h47-48,50-54,56-58H,3-46H2,1-2H3. The lowest BCUT2D eigenvalue weighted by atomic mass is 9.99. The van der Waals surface area contributed by atoms with Gasteiger partial charge >= 0.3 is 5.97 Å². The second-order valence-corrected chi connectivity index (χ2v) is 19.0. The van der Waals surface area contributed by atoms with E-state index in [9.17, 15) is 25.2 Å². The van der Waals surface area contributed by atoms with Crippen molar-refractivity contribution in [3.05, 3.63) is 0 Å². The number of aliphatic hydroxyl groups excluding tert-OH is 4. The van der Waals surface area contributed by atoms with Gasteiger partial charge in [-0.1, -0.05) is 251 Å². The lowest BCUT2D eigenvalue weighted by Crippen LogP contribution is -2.59. The Morgan fingerprint density at radius 3 is 1.15 bits per heavy atom. The van der Waals surface area contributed by atoms with E-state index < -0.39 is 43.4 Å². The van der Waals surface area contributed by atoms with Gasteiger partial charge in [-0.3, -0.25) is 4.79 Å². The second-order valence-electron chi connectivity index (χ2n) is 19.0. The molecule has 370 valence electrons. The average Bonchev–Trinajstić information content (AvgIpc) is 3.27. The Hall–Kier alpha value is -0.810. The summed E-state index contributed by atoms with van der Waals surface area (Å²) in [6.07, 6.45) is 44.3. The predicted molar refractivity (Wildman–Crippen MR) is 256 cm³/mol. The van der Waals surface area contributed by atoms with Gasteiger partial charge in [0.2, 0.25) is 0 Å². The van der Waals surface area contributed by atoms with Crippen LogP contribution in [0, 0.1) is 0 Å². The van der Waals surface area contributed by atoms with E-state index in [1.54, 1.807) is 0 Å². The average molecular weight is 885 g/mol. The summed E-state index contributed by atoms with van der Waals surface area (Å²) in [5, 5.41) is 40.3. The van der Waals surface area contributed by atoms with Crippen LogP contribution in [0.15, 0.2) is 0 Å². The molecule has 9 nitrogen and oxygen atoms in total. The Morgan fingerprint density at radius 2 is 0.790 bits per heavy atom. The summed E-state index contributed by atoms with van der Waals surface area (Å²) in [5.74, 6) is -0.304. The fourth-order valence-corrected chi connectivity index (χ4v) is 8.79. The molecule has 1 heterocycles. The van der Waals surface area contributed by atoms with Crippen molar-refractivity contribution in [2.24, 2.45) is 0 Å². The number of carbonyl (C=O) groups is 1. The smallest absolute Gasteiger partial charge is 0.306 e. The zero-order valence-electron chi connectivity index (χ0n) is 40.9. The third kappa shape index (κ3) is 35.5. The van der Waals surface area contributed by atoms with E-state index in [0.717, 1.165) is 32.1 Å². The van der Waals surface area contributed by atoms with Crippen molar-refractivity contribution in [1.29, 1.82) is 0 Å². The van der Waals surface area contributed by atoms with E-state index in [1.807, 2.05) is 0 Å². The fraction of sp³-hybridized carbons (Fsp3) is 0.981. The van der Waals surface area contributed by atoms with E-state index in [2.05, 4.69) is 13.8 Å². The maximum Gasteiger partial charge on any atom is 0.306 e. The molecule has 0 bridgehead atoms. The Labute approximate surface area is 383 Å². The summed E-state index contributed by atoms with van der Waals surface area (Å²) < 4.78 is 22.9. The molecule has 1 fully saturated rings. The Balaban J connectivity index is 2.15. The van der Waals surface area contributed by atoms with Crippen LogP contribution in [0.2, 0.25) is 0 Å². The number of hydrogen-bond donors (Lipinski definition) is 4. The SMILES string of the molecule is CCCCCCCCCCCCCCCCCCCCCCCCOCC(COC1OC(CO)C(O)C(O)C1O)OC(=O)CCCCCCCCCCCCCCCCCCC. The molecule has 4 N–H and O–H groups in total. The van der Waals surface area contributed by atoms with Crippen molar-refractivity contribution in [3.8, 4) is 0 Å². The van der Waals surface area contributed by atoms with Crippen LogP contribution in [-0.4, -0.2) is 89.6 Å². The van der Waals surface area contributed by atoms with E-state index >= 15 is 0 Å². The molecule has 0 spiro atoms. The highest BCUT2D eigenvalue weighted by atomic mass is 16.7. The zero-order valence-corrected chi connectivity index (χ0v) is 40.9. The van der Waals surface area contributed by atoms with Gasteiger partial charge in [0, 0.05) is 13.0 Å². The molecule has 0 aliphatic carbocycles. The van der Waals surface area contributed by atoms with Gasteiger partial charge in [0.1, 0.15) is 30.5 Å². The topological polar surface area (TPSA) is 135 Å². The summed E-state index contributed by atoms with van der Waals surface area (Å²) in [7, 11) is 0. The molecule has 1 aliphatic rings. The van der Waals surface area contributed by atoms with Crippen LogP contribution >= 0.6 is 0 Å². The minimum Gasteiger partial charge on any atom is -0.457 e. The first-order valence-corrected chi connectivity index (χ1v) is 27.1. The molecular formula is C53H104O9. The van der Waals surface area contributed by atoms with Crippen LogP contribution in [0.4, 0.5) is 0 Å². The lowest BCUT2D eigenvalue weighted by Gasteiger charge is -2.39. The first-order chi connectivity index (χ1) is 30.4. The van der Waals surface area contributed by atoms with Crippen molar-refractivity contribution in [2.75, 3.05) is 26.4 Å². The maximum atomic E-state index is 12.8. The molecule has 0 aromatic rings. The number of rotatable bonds is 48. The van der Waals surface area contributed by atoms with Crippen molar-refractivity contribution < 1.29 is 44.2 Å². The summed E-state index contributed by atoms with van der Waals surface area (Å²) in [4.78, 5) is 12.8. The first kappa shape index (κ1) is 59.2. The Kier molecular flexibility index (Phi) is 43.3. The van der Waals surface area contributed by atoms with Gasteiger partial charge in [-0.05, 0) is 12.8 Å². The van der Waals surface area contributed by atoms with Crippen LogP contribution in [0.3, 0.4) is 0 Å². The van der Waals surface area contributed by atoms with E-state index in [1.165, 1.54) is 218 Å². The van der Waals surface area contributed by atoms with Crippen molar-refractivity contribution >= 4 is 5.97 Å². The highest BCUT2D eigenvalue weighted by Crippen LogP contribution is 2.23. The van der Waals surface area contributed by atoms with Crippen molar-refractivity contribution in [3.63, 3.8) is 0 Å². The summed E-state index contributed by atoms with van der Waals surface area (Å²) in [5.41, 5.74) is 0. The van der Waals surface area contributed by atoms with Crippen molar-refractivity contribution in [1.82, 2.24) is 0 Å². The minimum atomic E-state index is -1.53. The molecule has 1 aliphatic heterocycles. The molecule has 62 heavy (non-hydrogen) atoms. The van der Waals surface area contributed by atoms with Crippen LogP contribution in [0.25, 0.3) is 0 Å². The van der Waals surface area contributed by atoms with Gasteiger partial charge in [0.25, 0.3) is 0 Å². The van der Waals surface area contributed by atoms with E-state index in [-0.39, 0.29) is 19.2 Å². The Morgan fingerprint density at radius 1 is 0.452 bits per heavy atom. The molecule has 0 aromatic carbocycles. The molecule has 0 aromatic heterocycles. The van der Waals surface area contributed by atoms with Gasteiger partial charge < -0.3 is 39.4 Å². The van der Waals surface area contributed by atoms with E-state index in [0.29, 0.717) is 13.0 Å². The number of hydrogen-bond acceptors (Lipinski definition) is 9. The second kappa shape index (κ2) is 45.4. The van der Waals surface area contributed by atoms with Crippen LogP contribution in [0.5, 0.6) is 0 Å². The number of aliphatic hydroxyl groups is 4. The molecule has 6 unspecified atom stereocenters. The maximum absolute atomic E-state index is 12.8. The highest BCUT2D eigenvalue weighted by molar-refractivity contribution is 5.69. The summed E-state index contributed by atoms with van der Waals surface area (Å²) in [6, 6.07) is 0. The largest absolute Gasteiger partial charge is 0.457 e. The van der Waals surface area contributed by atoms with Gasteiger partial charge in [-0.15, -0.1) is 0 Å². The van der Waals surface area contributed by atoms with Gasteiger partial charge in [0.05, 0.1) is 19.8 Å². The van der Waals surface area contributed by atoms with Gasteiger partial charge in [-0.25, -0.2) is 0 Å². The molecule has 9 heteroatoms. The Bertz CT molecular complexity index is 920. The predicted octanol–water partition coefficient (Wildman–Crippen LogP) is 13.4. The molecule has 0 radical (unpaired) electrons. The molecular weight excluding hydrogens is 781 g/mol. The molecule has 1 saturated heterocycles. The monoisotopic (exact) mass is 885 g/mol. The highest BCUT2D eigenvalue weighted by Gasteiger charge is 2.44. The lowest BCUT2D eigenvalue weighted by molar-refractivity contribution is -0.305. The van der Waals surface area contributed by atoms with Crippen molar-refractivity contribution in [2.45, 2.75) is 307 Å². The zero-order chi connectivity index (χ0) is 45.0. The van der Waals surface area contributed by atoms with Crippen LogP contribution < -0.4 is 0 Å². The fourth-order valence-electron chi connectivity index (χ4n) is 8.79. The van der Waals surface area contributed by atoms with Gasteiger partial charge in [0.15, 0.2) is 6.29 Å². The molecule has 0 amide bonds. The van der Waals surface area contributed by atoms with E-state index in [4.69, 9.17) is 18.9 Å². The third-order valence-corrected chi connectivity index (χ3v) is 13.0. The number of esters is 1. The van der Waals surface area contributed by atoms with Crippen LogP contribution in [-0.2, 0) is 23.7 Å². The number of carbonyl (C=O) groups excluding carboxylic acids is 1. The summed E-state index contributed by atoms with van der Waals surface area (Å²) in [6.45, 7) is 4.64. The minimum absolute atomic E-state index is 0.104.